The monoisotopic (exact) mass is 289 g/mol. The van der Waals surface area contributed by atoms with Crippen LogP contribution in [0.3, 0.4) is 0 Å². The Hall–Kier alpha value is -1.39. The van der Waals surface area contributed by atoms with Crippen LogP contribution in [0, 0.1) is 18.8 Å². The van der Waals surface area contributed by atoms with Gasteiger partial charge in [-0.2, -0.15) is 4.98 Å². The Balaban J connectivity index is 1.60. The summed E-state index contributed by atoms with van der Waals surface area (Å²) in [6.07, 6.45) is 8.03. The zero-order chi connectivity index (χ0) is 14.4. The quantitative estimate of drug-likeness (QED) is 0.854. The maximum absolute atomic E-state index is 12.4. The number of amides is 1. The molecule has 2 heterocycles. The average Bonchev–Trinajstić information content (AvgIpc) is 3.39. The Bertz CT molecular complexity index is 547. The molecule has 0 N–H and O–H groups in total. The highest BCUT2D eigenvalue weighted by atomic mass is 16.5. The number of piperidine rings is 1. The number of aryl methyl sites for hydroxylation is 1. The Morgan fingerprint density at radius 3 is 2.81 bits per heavy atom. The molecule has 21 heavy (non-hydrogen) atoms. The smallest absolute Gasteiger partial charge is 0.225 e. The van der Waals surface area contributed by atoms with Crippen LogP contribution in [0.15, 0.2) is 4.52 Å². The third kappa shape index (κ3) is 2.58. The van der Waals surface area contributed by atoms with Crippen molar-refractivity contribution in [1.29, 1.82) is 0 Å². The molecule has 4 rings (SSSR count). The molecule has 3 fully saturated rings. The van der Waals surface area contributed by atoms with E-state index in [4.69, 9.17) is 4.52 Å². The van der Waals surface area contributed by atoms with Gasteiger partial charge in [-0.25, -0.2) is 0 Å². The summed E-state index contributed by atoms with van der Waals surface area (Å²) in [6, 6.07) is 0. The number of likely N-dealkylation sites (tertiary alicyclic amines) is 1. The molecule has 3 aliphatic rings. The Kier molecular flexibility index (Phi) is 3.05. The van der Waals surface area contributed by atoms with E-state index in [1.807, 2.05) is 6.92 Å². The van der Waals surface area contributed by atoms with E-state index in [-0.39, 0.29) is 5.41 Å². The minimum Gasteiger partial charge on any atom is -0.341 e. The van der Waals surface area contributed by atoms with Crippen molar-refractivity contribution in [2.45, 2.75) is 57.3 Å². The molecule has 0 radical (unpaired) electrons. The Morgan fingerprint density at radius 2 is 2.19 bits per heavy atom. The average molecular weight is 289 g/mol. The Morgan fingerprint density at radius 1 is 1.38 bits per heavy atom. The summed E-state index contributed by atoms with van der Waals surface area (Å²) in [4.78, 5) is 19.1. The number of carbonyl (C=O) groups excluding carboxylic acids is 1. The van der Waals surface area contributed by atoms with Gasteiger partial charge in [0.2, 0.25) is 11.8 Å². The molecule has 1 amide bonds. The summed E-state index contributed by atoms with van der Waals surface area (Å²) in [5.41, 5.74) is -0.0677. The second-order valence-electron chi connectivity index (χ2n) is 7.20. The van der Waals surface area contributed by atoms with E-state index in [0.29, 0.717) is 17.7 Å². The number of hydrogen-bond acceptors (Lipinski definition) is 4. The molecule has 1 aliphatic heterocycles. The van der Waals surface area contributed by atoms with Gasteiger partial charge in [0.05, 0.1) is 5.41 Å². The molecule has 5 nitrogen and oxygen atoms in total. The molecule has 2 aliphatic carbocycles. The standard InChI is InChI=1S/C16H23N3O2/c1-11-17-15(18-21-11)16(9-12-3-4-12)7-2-8-19(10-16)14(20)13-5-6-13/h12-13H,2-10H2,1H3. The fourth-order valence-corrected chi connectivity index (χ4v) is 3.74. The van der Waals surface area contributed by atoms with Crippen LogP contribution in [0.1, 0.15) is 56.7 Å². The molecule has 5 heteroatoms. The highest BCUT2D eigenvalue weighted by Crippen LogP contribution is 2.46. The van der Waals surface area contributed by atoms with Gasteiger partial charge in [0, 0.05) is 25.9 Å². The van der Waals surface area contributed by atoms with Crippen LogP contribution in [-0.2, 0) is 10.2 Å². The van der Waals surface area contributed by atoms with Crippen LogP contribution in [0.25, 0.3) is 0 Å². The van der Waals surface area contributed by atoms with Gasteiger partial charge in [-0.1, -0.05) is 18.0 Å². The predicted molar refractivity (Wildman–Crippen MR) is 76.6 cm³/mol. The maximum Gasteiger partial charge on any atom is 0.225 e. The zero-order valence-corrected chi connectivity index (χ0v) is 12.7. The maximum atomic E-state index is 12.4. The van der Waals surface area contributed by atoms with Gasteiger partial charge in [-0.05, 0) is 38.0 Å². The number of nitrogens with zero attached hydrogens (tertiary/aromatic N) is 3. The molecule has 1 saturated heterocycles. The van der Waals surface area contributed by atoms with Crippen LogP contribution in [0.4, 0.5) is 0 Å². The summed E-state index contributed by atoms with van der Waals surface area (Å²) < 4.78 is 5.24. The van der Waals surface area contributed by atoms with E-state index in [0.717, 1.165) is 56.9 Å². The molecule has 0 bridgehead atoms. The van der Waals surface area contributed by atoms with E-state index in [1.165, 1.54) is 12.8 Å². The molecule has 1 aromatic rings. The van der Waals surface area contributed by atoms with Crippen molar-refractivity contribution in [3.8, 4) is 0 Å². The highest BCUT2D eigenvalue weighted by molar-refractivity contribution is 5.81. The van der Waals surface area contributed by atoms with Gasteiger partial charge in [0.15, 0.2) is 5.82 Å². The number of aromatic nitrogens is 2. The molecular weight excluding hydrogens is 266 g/mol. The van der Waals surface area contributed by atoms with Gasteiger partial charge in [-0.15, -0.1) is 0 Å². The van der Waals surface area contributed by atoms with E-state index in [2.05, 4.69) is 15.0 Å². The summed E-state index contributed by atoms with van der Waals surface area (Å²) in [5.74, 6) is 2.91. The van der Waals surface area contributed by atoms with Crippen molar-refractivity contribution < 1.29 is 9.32 Å². The van der Waals surface area contributed by atoms with Gasteiger partial charge >= 0.3 is 0 Å². The second kappa shape index (κ2) is 4.82. The molecule has 1 unspecified atom stereocenters. The summed E-state index contributed by atoms with van der Waals surface area (Å²) >= 11 is 0. The first-order valence-corrected chi connectivity index (χ1v) is 8.26. The third-order valence-corrected chi connectivity index (χ3v) is 5.19. The van der Waals surface area contributed by atoms with E-state index < -0.39 is 0 Å². The lowest BCUT2D eigenvalue weighted by Gasteiger charge is -2.41. The minimum atomic E-state index is -0.0677. The fourth-order valence-electron chi connectivity index (χ4n) is 3.74. The van der Waals surface area contributed by atoms with E-state index >= 15 is 0 Å². The molecule has 2 saturated carbocycles. The minimum absolute atomic E-state index is 0.0677. The van der Waals surface area contributed by atoms with Crippen LogP contribution >= 0.6 is 0 Å². The third-order valence-electron chi connectivity index (χ3n) is 5.19. The SMILES string of the molecule is Cc1nc(C2(CC3CC3)CCCN(C(=O)C3CC3)C2)no1. The lowest BCUT2D eigenvalue weighted by atomic mass is 9.74. The van der Waals surface area contributed by atoms with Crippen molar-refractivity contribution >= 4 is 5.91 Å². The Labute approximate surface area is 125 Å². The lowest BCUT2D eigenvalue weighted by molar-refractivity contribution is -0.135. The molecular formula is C16H23N3O2. The van der Waals surface area contributed by atoms with E-state index in [1.54, 1.807) is 0 Å². The van der Waals surface area contributed by atoms with Crippen molar-refractivity contribution in [2.24, 2.45) is 11.8 Å². The number of carbonyl (C=O) groups is 1. The lowest BCUT2D eigenvalue weighted by Crippen LogP contribution is -2.49. The van der Waals surface area contributed by atoms with Crippen molar-refractivity contribution in [2.75, 3.05) is 13.1 Å². The normalized spacial score (nSPS) is 29.7. The zero-order valence-electron chi connectivity index (χ0n) is 12.7. The van der Waals surface area contributed by atoms with Gasteiger partial charge in [-0.3, -0.25) is 4.79 Å². The summed E-state index contributed by atoms with van der Waals surface area (Å²) in [6.45, 7) is 3.54. The number of hydrogen-bond donors (Lipinski definition) is 0. The molecule has 1 atom stereocenters. The van der Waals surface area contributed by atoms with Crippen LogP contribution in [0.2, 0.25) is 0 Å². The van der Waals surface area contributed by atoms with Crippen molar-refractivity contribution in [3.63, 3.8) is 0 Å². The molecule has 114 valence electrons. The van der Waals surface area contributed by atoms with E-state index in [9.17, 15) is 4.79 Å². The largest absolute Gasteiger partial charge is 0.341 e. The van der Waals surface area contributed by atoms with Crippen LogP contribution in [-0.4, -0.2) is 34.0 Å². The van der Waals surface area contributed by atoms with Crippen LogP contribution in [0.5, 0.6) is 0 Å². The first-order valence-electron chi connectivity index (χ1n) is 8.26. The molecule has 0 spiro atoms. The van der Waals surface area contributed by atoms with Gasteiger partial charge in [0.1, 0.15) is 0 Å². The first-order chi connectivity index (χ1) is 10.2. The molecule has 0 aromatic carbocycles. The van der Waals surface area contributed by atoms with Crippen molar-refractivity contribution in [3.05, 3.63) is 11.7 Å². The predicted octanol–water partition coefficient (Wildman–Crippen LogP) is 2.45. The fraction of sp³-hybridized carbons (Fsp3) is 0.812. The van der Waals surface area contributed by atoms with Crippen LogP contribution < -0.4 is 0 Å². The van der Waals surface area contributed by atoms with Gasteiger partial charge < -0.3 is 9.42 Å². The van der Waals surface area contributed by atoms with Crippen molar-refractivity contribution in [1.82, 2.24) is 15.0 Å². The topological polar surface area (TPSA) is 59.2 Å². The highest BCUT2D eigenvalue weighted by Gasteiger charge is 2.47. The second-order valence-corrected chi connectivity index (χ2v) is 7.20. The summed E-state index contributed by atoms with van der Waals surface area (Å²) in [7, 11) is 0. The first kappa shape index (κ1) is 13.3. The number of rotatable bonds is 4. The molecule has 1 aromatic heterocycles. The van der Waals surface area contributed by atoms with Gasteiger partial charge in [0.25, 0.3) is 0 Å². The summed E-state index contributed by atoms with van der Waals surface area (Å²) in [5, 5.41) is 4.22.